The highest BCUT2D eigenvalue weighted by Gasteiger charge is 2.27. The zero-order chi connectivity index (χ0) is 13.0. The highest BCUT2D eigenvalue weighted by molar-refractivity contribution is 5.83. The van der Waals surface area contributed by atoms with E-state index in [0.717, 1.165) is 26.2 Å². The average Bonchev–Trinajstić information content (AvgIpc) is 2.30. The Labute approximate surface area is 102 Å². The molecule has 1 rings (SSSR count). The maximum atomic E-state index is 11.8. The number of nitrogens with one attached hydrogen (secondary N) is 1. The predicted molar refractivity (Wildman–Crippen MR) is 63.2 cm³/mol. The Balaban J connectivity index is 2.41. The van der Waals surface area contributed by atoms with Gasteiger partial charge in [0.1, 0.15) is 0 Å². The van der Waals surface area contributed by atoms with Gasteiger partial charge in [0, 0.05) is 32.1 Å². The number of aliphatic carboxylic acids is 1. The minimum absolute atomic E-state index is 0.218. The van der Waals surface area contributed by atoms with Crippen LogP contribution in [0.25, 0.3) is 0 Å². The van der Waals surface area contributed by atoms with Gasteiger partial charge in [-0.15, -0.1) is 0 Å². The van der Waals surface area contributed by atoms with Crippen LogP contribution in [0.5, 0.6) is 0 Å². The standard InChI is InChI=1S/C11H21N3O3/c1-8(9(2)11(16)17)10(15)12-14-6-4-13(3)5-7-14/h8-9H,4-7H2,1-3H3,(H,12,15)(H,16,17). The van der Waals surface area contributed by atoms with Crippen LogP contribution < -0.4 is 5.43 Å². The number of carbonyl (C=O) groups excluding carboxylic acids is 1. The van der Waals surface area contributed by atoms with Crippen LogP contribution in [0, 0.1) is 11.8 Å². The van der Waals surface area contributed by atoms with Crippen molar-refractivity contribution in [3.8, 4) is 0 Å². The topological polar surface area (TPSA) is 72.9 Å². The molecule has 0 radical (unpaired) electrons. The Morgan fingerprint density at radius 1 is 1.12 bits per heavy atom. The number of piperazine rings is 1. The van der Waals surface area contributed by atoms with Crippen LogP contribution in [-0.4, -0.2) is 60.1 Å². The molecule has 6 heteroatoms. The molecular weight excluding hydrogens is 222 g/mol. The van der Waals surface area contributed by atoms with Gasteiger partial charge in [0.2, 0.25) is 5.91 Å². The van der Waals surface area contributed by atoms with Crippen LogP contribution in [0.1, 0.15) is 13.8 Å². The summed E-state index contributed by atoms with van der Waals surface area (Å²) >= 11 is 0. The highest BCUT2D eigenvalue weighted by Crippen LogP contribution is 2.11. The van der Waals surface area contributed by atoms with Gasteiger partial charge in [-0.05, 0) is 7.05 Å². The summed E-state index contributed by atoms with van der Waals surface area (Å²) in [6, 6.07) is 0. The molecular formula is C11H21N3O3. The van der Waals surface area contributed by atoms with Crippen LogP contribution in [0.3, 0.4) is 0 Å². The van der Waals surface area contributed by atoms with E-state index in [-0.39, 0.29) is 5.91 Å². The SMILES string of the molecule is CC(C(=O)O)C(C)C(=O)NN1CCN(C)CC1. The first kappa shape index (κ1) is 13.9. The van der Waals surface area contributed by atoms with E-state index in [4.69, 9.17) is 5.11 Å². The second-order valence-corrected chi connectivity index (χ2v) is 4.68. The molecule has 1 saturated heterocycles. The third-order valence-corrected chi connectivity index (χ3v) is 3.32. The summed E-state index contributed by atoms with van der Waals surface area (Å²) in [5.41, 5.74) is 2.78. The summed E-state index contributed by atoms with van der Waals surface area (Å²) in [7, 11) is 2.04. The number of nitrogens with zero attached hydrogens (tertiary/aromatic N) is 2. The van der Waals surface area contributed by atoms with E-state index in [2.05, 4.69) is 10.3 Å². The van der Waals surface area contributed by atoms with Crippen molar-refractivity contribution in [1.29, 1.82) is 0 Å². The molecule has 0 aromatic carbocycles. The fraction of sp³-hybridized carbons (Fsp3) is 0.818. The maximum absolute atomic E-state index is 11.8. The molecule has 98 valence electrons. The third-order valence-electron chi connectivity index (χ3n) is 3.32. The van der Waals surface area contributed by atoms with Gasteiger partial charge in [-0.1, -0.05) is 13.8 Å². The summed E-state index contributed by atoms with van der Waals surface area (Å²) in [6.07, 6.45) is 0. The Bertz CT molecular complexity index is 288. The molecule has 1 heterocycles. The molecule has 1 aliphatic rings. The van der Waals surface area contributed by atoms with Gasteiger partial charge in [0.05, 0.1) is 5.92 Å². The van der Waals surface area contributed by atoms with E-state index in [1.165, 1.54) is 0 Å². The number of hydrazine groups is 1. The number of carboxylic acids is 1. The molecule has 0 saturated carbocycles. The Kier molecular flexibility index (Phi) is 4.89. The number of amides is 1. The third kappa shape index (κ3) is 3.98. The number of carboxylic acid groups (broad SMARTS) is 1. The molecule has 0 bridgehead atoms. The number of carbonyl (C=O) groups is 2. The quantitative estimate of drug-likeness (QED) is 0.704. The monoisotopic (exact) mass is 243 g/mol. The van der Waals surface area contributed by atoms with E-state index in [0.29, 0.717) is 0 Å². The average molecular weight is 243 g/mol. The van der Waals surface area contributed by atoms with Crippen LogP contribution in [0.15, 0.2) is 0 Å². The Morgan fingerprint density at radius 2 is 1.65 bits per heavy atom. The fourth-order valence-corrected chi connectivity index (χ4v) is 1.62. The minimum atomic E-state index is -0.939. The lowest BCUT2D eigenvalue weighted by Crippen LogP contribution is -2.54. The predicted octanol–water partition coefficient (Wildman–Crippen LogP) is -0.378. The molecule has 2 atom stereocenters. The Hall–Kier alpha value is -1.14. The van der Waals surface area contributed by atoms with Crippen LogP contribution in [0.4, 0.5) is 0 Å². The van der Waals surface area contributed by atoms with Crippen molar-refractivity contribution in [2.75, 3.05) is 33.2 Å². The molecule has 0 aliphatic carbocycles. The van der Waals surface area contributed by atoms with Gasteiger partial charge < -0.3 is 10.0 Å². The van der Waals surface area contributed by atoms with Crippen molar-refractivity contribution in [2.45, 2.75) is 13.8 Å². The van der Waals surface area contributed by atoms with E-state index < -0.39 is 17.8 Å². The van der Waals surface area contributed by atoms with Crippen molar-refractivity contribution >= 4 is 11.9 Å². The zero-order valence-electron chi connectivity index (χ0n) is 10.6. The summed E-state index contributed by atoms with van der Waals surface area (Å²) in [4.78, 5) is 24.8. The first-order chi connectivity index (χ1) is 7.91. The second-order valence-electron chi connectivity index (χ2n) is 4.68. The Morgan fingerprint density at radius 3 is 2.12 bits per heavy atom. The van der Waals surface area contributed by atoms with Gasteiger partial charge >= 0.3 is 5.97 Å². The first-order valence-electron chi connectivity index (χ1n) is 5.88. The largest absolute Gasteiger partial charge is 0.481 e. The normalized spacial score (nSPS) is 21.8. The maximum Gasteiger partial charge on any atom is 0.307 e. The number of rotatable bonds is 4. The molecule has 0 aromatic heterocycles. The van der Waals surface area contributed by atoms with E-state index in [1.54, 1.807) is 13.8 Å². The van der Waals surface area contributed by atoms with Crippen molar-refractivity contribution in [3.63, 3.8) is 0 Å². The van der Waals surface area contributed by atoms with E-state index in [1.807, 2.05) is 12.1 Å². The molecule has 6 nitrogen and oxygen atoms in total. The second kappa shape index (κ2) is 5.97. The minimum Gasteiger partial charge on any atom is -0.481 e. The lowest BCUT2D eigenvalue weighted by Gasteiger charge is -2.33. The van der Waals surface area contributed by atoms with Crippen molar-refractivity contribution in [3.05, 3.63) is 0 Å². The van der Waals surface area contributed by atoms with Gasteiger partial charge in [-0.3, -0.25) is 15.0 Å². The highest BCUT2D eigenvalue weighted by atomic mass is 16.4. The lowest BCUT2D eigenvalue weighted by molar-refractivity contribution is -0.147. The summed E-state index contributed by atoms with van der Waals surface area (Å²) in [6.45, 7) is 6.56. The molecule has 0 aromatic rings. The smallest absolute Gasteiger partial charge is 0.307 e. The van der Waals surface area contributed by atoms with Crippen LogP contribution >= 0.6 is 0 Å². The van der Waals surface area contributed by atoms with Gasteiger partial charge in [0.25, 0.3) is 0 Å². The van der Waals surface area contributed by atoms with E-state index in [9.17, 15) is 9.59 Å². The van der Waals surface area contributed by atoms with Crippen molar-refractivity contribution in [1.82, 2.24) is 15.3 Å². The number of hydrogen-bond acceptors (Lipinski definition) is 4. The van der Waals surface area contributed by atoms with Gasteiger partial charge in [0.15, 0.2) is 0 Å². The molecule has 0 spiro atoms. The van der Waals surface area contributed by atoms with Gasteiger partial charge in [-0.2, -0.15) is 0 Å². The first-order valence-corrected chi connectivity index (χ1v) is 5.88. The van der Waals surface area contributed by atoms with Crippen molar-refractivity contribution in [2.24, 2.45) is 11.8 Å². The zero-order valence-corrected chi connectivity index (χ0v) is 10.6. The van der Waals surface area contributed by atoms with Crippen molar-refractivity contribution < 1.29 is 14.7 Å². The number of likely N-dealkylation sites (N-methyl/N-ethyl adjacent to an activating group) is 1. The molecule has 1 amide bonds. The lowest BCUT2D eigenvalue weighted by atomic mass is 9.96. The molecule has 1 fully saturated rings. The molecule has 17 heavy (non-hydrogen) atoms. The summed E-state index contributed by atoms with van der Waals surface area (Å²) < 4.78 is 0. The van der Waals surface area contributed by atoms with Gasteiger partial charge in [-0.25, -0.2) is 5.01 Å². The summed E-state index contributed by atoms with van der Waals surface area (Å²) in [5.74, 6) is -2.34. The van der Waals surface area contributed by atoms with Crippen LogP contribution in [-0.2, 0) is 9.59 Å². The fourth-order valence-electron chi connectivity index (χ4n) is 1.62. The molecule has 1 aliphatic heterocycles. The molecule has 2 N–H and O–H groups in total. The van der Waals surface area contributed by atoms with E-state index >= 15 is 0 Å². The molecule has 2 unspecified atom stereocenters. The summed E-state index contributed by atoms with van der Waals surface area (Å²) in [5, 5.41) is 10.7. The van der Waals surface area contributed by atoms with Crippen LogP contribution in [0.2, 0.25) is 0 Å². The number of hydrogen-bond donors (Lipinski definition) is 2.